The van der Waals surface area contributed by atoms with Gasteiger partial charge in [-0.1, -0.05) is 42.0 Å². The Morgan fingerprint density at radius 3 is 2.39 bits per heavy atom. The second kappa shape index (κ2) is 10.4. The van der Waals surface area contributed by atoms with Crippen LogP contribution in [-0.2, 0) is 4.74 Å². The molecule has 2 heterocycles. The summed E-state index contributed by atoms with van der Waals surface area (Å²) in [4.78, 5) is 33.3. The minimum atomic E-state index is -0.152. The summed E-state index contributed by atoms with van der Waals surface area (Å²) in [7, 11) is 0. The maximum absolute atomic E-state index is 13.3. The summed E-state index contributed by atoms with van der Waals surface area (Å²) in [6.45, 7) is 7.69. The van der Waals surface area contributed by atoms with Crippen molar-refractivity contribution in [3.8, 4) is 5.69 Å². The summed E-state index contributed by atoms with van der Waals surface area (Å²) in [6.07, 6.45) is 0. The molecular weight excluding hydrogens is 452 g/mol. The molecule has 0 bridgehead atoms. The quantitative estimate of drug-likeness (QED) is 0.452. The lowest BCUT2D eigenvalue weighted by atomic mass is 10.0. The minimum Gasteiger partial charge on any atom is -0.379 e. The molecule has 7 heteroatoms. The van der Waals surface area contributed by atoms with Crippen LogP contribution in [0.25, 0.3) is 16.6 Å². The van der Waals surface area contributed by atoms with Crippen LogP contribution in [0.5, 0.6) is 0 Å². The number of para-hydroxylation sites is 1. The molecule has 1 fully saturated rings. The molecule has 1 saturated heterocycles. The zero-order valence-corrected chi connectivity index (χ0v) is 20.6. The third-order valence-corrected chi connectivity index (χ3v) is 6.66. The number of carbonyl (C=O) groups is 1. The van der Waals surface area contributed by atoms with Gasteiger partial charge in [0, 0.05) is 25.2 Å². The largest absolute Gasteiger partial charge is 0.379 e. The van der Waals surface area contributed by atoms with E-state index in [9.17, 15) is 9.59 Å². The molecule has 1 aromatic heterocycles. The van der Waals surface area contributed by atoms with Crippen LogP contribution >= 0.6 is 0 Å². The molecule has 0 aliphatic carbocycles. The third-order valence-electron chi connectivity index (χ3n) is 6.66. The van der Waals surface area contributed by atoms with Gasteiger partial charge in [-0.2, -0.15) is 0 Å². The van der Waals surface area contributed by atoms with Crippen LogP contribution in [0.4, 0.5) is 0 Å². The fourth-order valence-corrected chi connectivity index (χ4v) is 4.63. The van der Waals surface area contributed by atoms with Crippen molar-refractivity contribution in [3.63, 3.8) is 0 Å². The zero-order valence-electron chi connectivity index (χ0n) is 20.6. The summed E-state index contributed by atoms with van der Waals surface area (Å²) in [5.74, 6) is 0.446. The predicted octanol–water partition coefficient (Wildman–Crippen LogP) is 3.81. The SMILES string of the molecule is Cc1ccc(C(CN2CCOCC2)NC(=O)c2ccc(-n3c(C)nc4ccccc4c3=O)cc2)cc1. The highest BCUT2D eigenvalue weighted by Crippen LogP contribution is 2.19. The summed E-state index contributed by atoms with van der Waals surface area (Å²) in [5.41, 5.74) is 4.02. The maximum atomic E-state index is 13.3. The molecule has 5 rings (SSSR count). The average molecular weight is 483 g/mol. The number of ether oxygens (including phenoxy) is 1. The van der Waals surface area contributed by atoms with Gasteiger partial charge in [0.2, 0.25) is 0 Å². The molecular formula is C29H30N4O3. The average Bonchev–Trinajstić information content (AvgIpc) is 2.90. The molecule has 3 aromatic carbocycles. The van der Waals surface area contributed by atoms with Crippen molar-refractivity contribution in [2.45, 2.75) is 19.9 Å². The molecule has 1 atom stereocenters. The van der Waals surface area contributed by atoms with Crippen molar-refractivity contribution in [3.05, 3.63) is 106 Å². The van der Waals surface area contributed by atoms with E-state index in [-0.39, 0.29) is 17.5 Å². The Bertz CT molecular complexity index is 1420. The summed E-state index contributed by atoms with van der Waals surface area (Å²) < 4.78 is 7.06. The number of nitrogens with one attached hydrogen (secondary N) is 1. The van der Waals surface area contributed by atoms with Gasteiger partial charge >= 0.3 is 0 Å². The Labute approximate surface area is 210 Å². The van der Waals surface area contributed by atoms with Gasteiger partial charge in [-0.25, -0.2) is 4.98 Å². The molecule has 1 aliphatic heterocycles. The number of aromatic nitrogens is 2. The van der Waals surface area contributed by atoms with Crippen LogP contribution < -0.4 is 10.9 Å². The number of morpholine rings is 1. The highest BCUT2D eigenvalue weighted by atomic mass is 16.5. The van der Waals surface area contributed by atoms with Crippen LogP contribution in [0, 0.1) is 13.8 Å². The molecule has 36 heavy (non-hydrogen) atoms. The molecule has 1 unspecified atom stereocenters. The first-order chi connectivity index (χ1) is 17.5. The van der Waals surface area contributed by atoms with Gasteiger partial charge in [-0.3, -0.25) is 19.1 Å². The fraction of sp³-hybridized carbons (Fsp3) is 0.276. The van der Waals surface area contributed by atoms with Gasteiger partial charge in [0.25, 0.3) is 11.5 Å². The van der Waals surface area contributed by atoms with Gasteiger partial charge in [0.15, 0.2) is 0 Å². The van der Waals surface area contributed by atoms with Crippen LogP contribution in [0.3, 0.4) is 0 Å². The Hall–Kier alpha value is -3.81. The van der Waals surface area contributed by atoms with E-state index in [0.29, 0.717) is 47.7 Å². The number of carbonyl (C=O) groups excluding carboxylic acids is 1. The Kier molecular flexibility index (Phi) is 6.93. The van der Waals surface area contributed by atoms with Gasteiger partial charge in [-0.15, -0.1) is 0 Å². The van der Waals surface area contributed by atoms with E-state index in [1.807, 2.05) is 25.1 Å². The number of benzene rings is 3. The summed E-state index contributed by atoms with van der Waals surface area (Å²) >= 11 is 0. The van der Waals surface area contributed by atoms with E-state index >= 15 is 0 Å². The number of fused-ring (bicyclic) bond motifs is 1. The molecule has 4 aromatic rings. The van der Waals surface area contributed by atoms with Crippen LogP contribution in [0.15, 0.2) is 77.6 Å². The van der Waals surface area contributed by atoms with Gasteiger partial charge < -0.3 is 10.1 Å². The van der Waals surface area contributed by atoms with Crippen LogP contribution in [0.1, 0.15) is 33.4 Å². The lowest BCUT2D eigenvalue weighted by Gasteiger charge is -2.31. The minimum absolute atomic E-state index is 0.125. The highest BCUT2D eigenvalue weighted by Gasteiger charge is 2.21. The smallest absolute Gasteiger partial charge is 0.265 e. The standard InChI is InChI=1S/C29H30N4O3/c1-20-7-9-22(10-8-20)27(19-32-15-17-36-18-16-32)31-28(34)23-11-13-24(14-12-23)33-21(2)30-26-6-4-3-5-25(26)29(33)35/h3-14,27H,15-19H2,1-2H3,(H,31,34). The normalized spacial score (nSPS) is 15.1. The molecule has 0 saturated carbocycles. The monoisotopic (exact) mass is 482 g/mol. The molecule has 184 valence electrons. The molecule has 0 spiro atoms. The van der Waals surface area contributed by atoms with E-state index in [1.165, 1.54) is 5.56 Å². The third kappa shape index (κ3) is 5.08. The number of hydrogen-bond acceptors (Lipinski definition) is 5. The second-order valence-electron chi connectivity index (χ2n) is 9.21. The van der Waals surface area contributed by atoms with Gasteiger partial charge in [0.05, 0.1) is 35.8 Å². The number of aryl methyl sites for hydroxylation is 2. The number of amides is 1. The predicted molar refractivity (Wildman–Crippen MR) is 141 cm³/mol. The van der Waals surface area contributed by atoms with Crippen molar-refractivity contribution >= 4 is 16.8 Å². The number of nitrogens with zero attached hydrogens (tertiary/aromatic N) is 3. The van der Waals surface area contributed by atoms with Crippen LogP contribution in [-0.4, -0.2) is 53.2 Å². The van der Waals surface area contributed by atoms with Crippen molar-refractivity contribution in [2.75, 3.05) is 32.8 Å². The van der Waals surface area contributed by atoms with Crippen LogP contribution in [0.2, 0.25) is 0 Å². The summed E-state index contributed by atoms with van der Waals surface area (Å²) in [5, 5.41) is 3.78. The first-order valence-corrected chi connectivity index (χ1v) is 12.3. The topological polar surface area (TPSA) is 76.5 Å². The van der Waals surface area contributed by atoms with E-state index in [4.69, 9.17) is 4.74 Å². The molecule has 1 N–H and O–H groups in total. The van der Waals surface area contributed by atoms with Crippen molar-refractivity contribution < 1.29 is 9.53 Å². The summed E-state index contributed by atoms with van der Waals surface area (Å²) in [6, 6.07) is 22.6. The van der Waals surface area contributed by atoms with Crippen molar-refractivity contribution in [1.29, 1.82) is 0 Å². The van der Waals surface area contributed by atoms with Gasteiger partial charge in [-0.05, 0) is 55.8 Å². The molecule has 1 amide bonds. The highest BCUT2D eigenvalue weighted by molar-refractivity contribution is 5.94. The van der Waals surface area contributed by atoms with E-state index in [1.54, 1.807) is 34.9 Å². The molecule has 7 nitrogen and oxygen atoms in total. The Balaban J connectivity index is 1.38. The fourth-order valence-electron chi connectivity index (χ4n) is 4.63. The van der Waals surface area contributed by atoms with E-state index in [2.05, 4.69) is 46.4 Å². The van der Waals surface area contributed by atoms with Crippen molar-refractivity contribution in [1.82, 2.24) is 19.8 Å². The zero-order chi connectivity index (χ0) is 25.1. The Morgan fingerprint density at radius 2 is 1.67 bits per heavy atom. The number of hydrogen-bond donors (Lipinski definition) is 1. The second-order valence-corrected chi connectivity index (χ2v) is 9.21. The molecule has 0 radical (unpaired) electrons. The van der Waals surface area contributed by atoms with Gasteiger partial charge in [0.1, 0.15) is 5.82 Å². The molecule has 1 aliphatic rings. The van der Waals surface area contributed by atoms with E-state index in [0.717, 1.165) is 18.7 Å². The Morgan fingerprint density at radius 1 is 0.972 bits per heavy atom. The van der Waals surface area contributed by atoms with Crippen molar-refractivity contribution in [2.24, 2.45) is 0 Å². The van der Waals surface area contributed by atoms with E-state index < -0.39 is 0 Å². The first-order valence-electron chi connectivity index (χ1n) is 12.3. The maximum Gasteiger partial charge on any atom is 0.265 e. The lowest BCUT2D eigenvalue weighted by Crippen LogP contribution is -2.43. The lowest BCUT2D eigenvalue weighted by molar-refractivity contribution is 0.0332. The number of rotatable bonds is 6. The first kappa shape index (κ1) is 23.9.